The van der Waals surface area contributed by atoms with Crippen molar-refractivity contribution in [2.75, 3.05) is 20.3 Å². The van der Waals surface area contributed by atoms with Gasteiger partial charge in [0.15, 0.2) is 0 Å². The summed E-state index contributed by atoms with van der Waals surface area (Å²) >= 11 is 0. The molecule has 0 radical (unpaired) electrons. The third-order valence-corrected chi connectivity index (χ3v) is 3.58. The van der Waals surface area contributed by atoms with Gasteiger partial charge in [0.1, 0.15) is 18.1 Å². The van der Waals surface area contributed by atoms with Gasteiger partial charge in [-0.05, 0) is 37.1 Å². The molecule has 20 heavy (non-hydrogen) atoms. The summed E-state index contributed by atoms with van der Waals surface area (Å²) in [6.07, 6.45) is 6.69. The zero-order chi connectivity index (χ0) is 14.0. The molecule has 0 bridgehead atoms. The minimum absolute atomic E-state index is 0.429. The van der Waals surface area contributed by atoms with Crippen molar-refractivity contribution in [3.05, 3.63) is 24.3 Å². The van der Waals surface area contributed by atoms with Gasteiger partial charge in [-0.2, -0.15) is 0 Å². The van der Waals surface area contributed by atoms with E-state index < -0.39 is 0 Å². The summed E-state index contributed by atoms with van der Waals surface area (Å²) in [5.41, 5.74) is 0. The quantitative estimate of drug-likeness (QED) is 0.837. The third kappa shape index (κ3) is 5.14. The van der Waals surface area contributed by atoms with Crippen LogP contribution in [0.1, 0.15) is 32.1 Å². The fourth-order valence-electron chi connectivity index (χ4n) is 2.41. The molecule has 108 valence electrons. The van der Waals surface area contributed by atoms with Gasteiger partial charge in [0, 0.05) is 6.04 Å². The second kappa shape index (κ2) is 8.50. The Labute approximate surface area is 121 Å². The van der Waals surface area contributed by atoms with Crippen molar-refractivity contribution in [1.29, 1.82) is 0 Å². The number of hydrogen-bond donors (Lipinski definition) is 1. The minimum atomic E-state index is 0.429. The highest BCUT2D eigenvalue weighted by molar-refractivity contribution is 5.31. The molecule has 1 aromatic carbocycles. The molecule has 1 aromatic rings. The fourth-order valence-corrected chi connectivity index (χ4v) is 2.41. The summed E-state index contributed by atoms with van der Waals surface area (Å²) in [5, 5.41) is 3.49. The van der Waals surface area contributed by atoms with Crippen LogP contribution in [0.3, 0.4) is 0 Å². The Kier molecular flexibility index (Phi) is 6.26. The van der Waals surface area contributed by atoms with Crippen LogP contribution < -0.4 is 14.8 Å². The molecule has 1 aliphatic carbocycles. The maximum absolute atomic E-state index is 5.54. The number of benzene rings is 1. The van der Waals surface area contributed by atoms with Crippen LogP contribution in [-0.4, -0.2) is 26.3 Å². The summed E-state index contributed by atoms with van der Waals surface area (Å²) in [4.78, 5) is 0. The smallest absolute Gasteiger partial charge is 0.149 e. The largest absolute Gasteiger partial charge is 0.497 e. The van der Waals surface area contributed by atoms with Crippen LogP contribution in [0.25, 0.3) is 0 Å². The molecule has 3 heteroatoms. The summed E-state index contributed by atoms with van der Waals surface area (Å²) in [5.74, 6) is 7.80. The number of ether oxygens (including phenoxy) is 2. The lowest BCUT2D eigenvalue weighted by atomic mass is 9.96. The number of hydrogen-bond acceptors (Lipinski definition) is 3. The lowest BCUT2D eigenvalue weighted by Gasteiger charge is -2.21. The molecule has 3 nitrogen and oxygen atoms in total. The molecule has 0 heterocycles. The van der Waals surface area contributed by atoms with Gasteiger partial charge < -0.3 is 14.8 Å². The third-order valence-electron chi connectivity index (χ3n) is 3.58. The van der Waals surface area contributed by atoms with Crippen LogP contribution in [0.4, 0.5) is 0 Å². The Morgan fingerprint density at radius 3 is 2.45 bits per heavy atom. The number of nitrogens with one attached hydrogen (secondary N) is 1. The molecule has 0 atom stereocenters. The predicted molar refractivity (Wildman–Crippen MR) is 81.1 cm³/mol. The van der Waals surface area contributed by atoms with E-state index in [4.69, 9.17) is 9.47 Å². The average Bonchev–Trinajstić information content (AvgIpc) is 2.52. The van der Waals surface area contributed by atoms with Crippen molar-refractivity contribution < 1.29 is 9.47 Å². The highest BCUT2D eigenvalue weighted by Gasteiger charge is 2.10. The minimum Gasteiger partial charge on any atom is -0.497 e. The number of methoxy groups -OCH3 is 1. The van der Waals surface area contributed by atoms with Crippen LogP contribution in [-0.2, 0) is 0 Å². The summed E-state index contributed by atoms with van der Waals surface area (Å²) in [6.45, 7) is 1.19. The van der Waals surface area contributed by atoms with Crippen molar-refractivity contribution >= 4 is 0 Å². The first-order valence-electron chi connectivity index (χ1n) is 7.34. The molecule has 2 rings (SSSR count). The molecule has 0 spiro atoms. The Balaban J connectivity index is 1.61. The lowest BCUT2D eigenvalue weighted by Crippen LogP contribution is -2.31. The molecule has 0 amide bonds. The van der Waals surface area contributed by atoms with Gasteiger partial charge in [-0.25, -0.2) is 0 Å². The van der Waals surface area contributed by atoms with Gasteiger partial charge in [-0.3, -0.25) is 0 Å². The van der Waals surface area contributed by atoms with E-state index in [1.807, 2.05) is 24.3 Å². The molecule has 1 saturated carbocycles. The molecule has 1 aliphatic rings. The second-order valence-corrected chi connectivity index (χ2v) is 5.03. The van der Waals surface area contributed by atoms with Crippen molar-refractivity contribution in [1.82, 2.24) is 5.32 Å². The molecule has 1 N–H and O–H groups in total. The maximum Gasteiger partial charge on any atom is 0.149 e. The Bertz CT molecular complexity index is 438. The van der Waals surface area contributed by atoms with Gasteiger partial charge >= 0.3 is 0 Å². The fraction of sp³-hybridized carbons (Fsp3) is 0.529. The lowest BCUT2D eigenvalue weighted by molar-refractivity contribution is 0.367. The highest BCUT2D eigenvalue weighted by Crippen LogP contribution is 2.17. The van der Waals surface area contributed by atoms with Crippen molar-refractivity contribution in [2.24, 2.45) is 0 Å². The van der Waals surface area contributed by atoms with Crippen LogP contribution in [0.5, 0.6) is 11.5 Å². The van der Waals surface area contributed by atoms with Gasteiger partial charge in [0.05, 0.1) is 13.7 Å². The predicted octanol–water partition coefficient (Wildman–Crippen LogP) is 3.00. The van der Waals surface area contributed by atoms with E-state index in [1.165, 1.54) is 32.1 Å². The maximum atomic E-state index is 5.54. The van der Waals surface area contributed by atoms with E-state index in [0.717, 1.165) is 18.0 Å². The first-order chi connectivity index (χ1) is 9.88. The molecular formula is C17H23NO2. The number of rotatable bonds is 5. The van der Waals surface area contributed by atoms with Gasteiger partial charge in [0.2, 0.25) is 0 Å². The molecule has 0 saturated heterocycles. The zero-order valence-corrected chi connectivity index (χ0v) is 12.2. The van der Waals surface area contributed by atoms with Crippen LogP contribution in [0.2, 0.25) is 0 Å². The van der Waals surface area contributed by atoms with Crippen LogP contribution >= 0.6 is 0 Å². The van der Waals surface area contributed by atoms with Crippen molar-refractivity contribution in [2.45, 2.75) is 38.1 Å². The molecular weight excluding hydrogens is 250 g/mol. The second-order valence-electron chi connectivity index (χ2n) is 5.03. The standard InChI is InChI=1S/C17H23NO2/c1-19-16-9-11-17(12-10-16)20-14-6-5-13-18-15-7-3-2-4-8-15/h9-12,15,18H,2-4,7-8,13-14H2,1H3. The van der Waals surface area contributed by atoms with E-state index in [9.17, 15) is 0 Å². The molecule has 0 aromatic heterocycles. The SMILES string of the molecule is COc1ccc(OCC#CCNC2CCCCC2)cc1. The summed E-state index contributed by atoms with van der Waals surface area (Å²) < 4.78 is 10.6. The van der Waals surface area contributed by atoms with E-state index >= 15 is 0 Å². The van der Waals surface area contributed by atoms with Gasteiger partial charge in [0.25, 0.3) is 0 Å². The van der Waals surface area contributed by atoms with Crippen LogP contribution in [0.15, 0.2) is 24.3 Å². The van der Waals surface area contributed by atoms with E-state index in [-0.39, 0.29) is 0 Å². The summed E-state index contributed by atoms with van der Waals surface area (Å²) in [6, 6.07) is 8.21. The first kappa shape index (κ1) is 14.7. The van der Waals surface area contributed by atoms with Crippen LogP contribution in [0, 0.1) is 11.8 Å². The zero-order valence-electron chi connectivity index (χ0n) is 12.2. The first-order valence-corrected chi connectivity index (χ1v) is 7.34. The molecule has 0 aliphatic heterocycles. The molecule has 0 unspecified atom stereocenters. The van der Waals surface area contributed by atoms with Crippen molar-refractivity contribution in [3.63, 3.8) is 0 Å². The Hall–Kier alpha value is -1.66. The van der Waals surface area contributed by atoms with Gasteiger partial charge in [-0.15, -0.1) is 0 Å². The van der Waals surface area contributed by atoms with E-state index in [1.54, 1.807) is 7.11 Å². The van der Waals surface area contributed by atoms with Gasteiger partial charge in [-0.1, -0.05) is 31.1 Å². The summed E-state index contributed by atoms with van der Waals surface area (Å²) in [7, 11) is 1.65. The Morgan fingerprint density at radius 2 is 1.75 bits per heavy atom. The van der Waals surface area contributed by atoms with E-state index in [2.05, 4.69) is 17.2 Å². The van der Waals surface area contributed by atoms with E-state index in [0.29, 0.717) is 12.6 Å². The Morgan fingerprint density at radius 1 is 1.05 bits per heavy atom. The topological polar surface area (TPSA) is 30.5 Å². The monoisotopic (exact) mass is 273 g/mol. The molecule has 1 fully saturated rings. The van der Waals surface area contributed by atoms with Crippen molar-refractivity contribution in [3.8, 4) is 23.3 Å². The highest BCUT2D eigenvalue weighted by atomic mass is 16.5. The average molecular weight is 273 g/mol. The normalized spacial score (nSPS) is 15.2.